The summed E-state index contributed by atoms with van der Waals surface area (Å²) in [7, 11) is -4.16. The number of carbonyl (C=O) groups is 6. The van der Waals surface area contributed by atoms with Gasteiger partial charge in [-0.1, -0.05) is 55.1 Å². The summed E-state index contributed by atoms with van der Waals surface area (Å²) in [5, 5.41) is 8.68. The van der Waals surface area contributed by atoms with Gasteiger partial charge in [0.1, 0.15) is 30.5 Å². The van der Waals surface area contributed by atoms with E-state index in [0.29, 0.717) is 58.6 Å². The van der Waals surface area contributed by atoms with Crippen molar-refractivity contribution < 1.29 is 56.6 Å². The molecule has 5 atom stereocenters. The number of hydrogen-bond donors (Lipinski definition) is 6. The lowest BCUT2D eigenvalue weighted by molar-refractivity contribution is -0.143. The molecule has 73 heavy (non-hydrogen) atoms. The van der Waals surface area contributed by atoms with E-state index in [1.54, 1.807) is 18.0 Å². The Morgan fingerprint density at radius 3 is 2.48 bits per heavy atom. The molecule has 0 bridgehead atoms. The van der Waals surface area contributed by atoms with Gasteiger partial charge in [-0.3, -0.25) is 47.8 Å². The molecule has 0 saturated carbocycles. The van der Waals surface area contributed by atoms with Crippen molar-refractivity contribution in [2.45, 2.75) is 132 Å². The van der Waals surface area contributed by atoms with E-state index in [1.165, 1.54) is 21.3 Å². The fourth-order valence-electron chi connectivity index (χ4n) is 10.1. The fourth-order valence-corrected chi connectivity index (χ4v) is 11.8. The van der Waals surface area contributed by atoms with Gasteiger partial charge in [-0.2, -0.15) is 8.78 Å². The smallest absolute Gasteiger partial charge is 0.399 e. The maximum Gasteiger partial charge on any atom is 0.399 e. The van der Waals surface area contributed by atoms with Crippen LogP contribution >= 0.6 is 30.5 Å². The van der Waals surface area contributed by atoms with Crippen LogP contribution in [0.15, 0.2) is 65.5 Å². The minimum absolute atomic E-state index is 0.0572. The molecule has 3 saturated heterocycles. The maximum atomic E-state index is 14.5. The Morgan fingerprint density at radius 2 is 1.73 bits per heavy atom. The molecule has 7 N–H and O–H groups in total. The van der Waals surface area contributed by atoms with Crippen LogP contribution in [-0.2, 0) is 54.1 Å². The Morgan fingerprint density at radius 1 is 0.959 bits per heavy atom. The van der Waals surface area contributed by atoms with Crippen LogP contribution < -0.4 is 32.1 Å². The zero-order valence-electron chi connectivity index (χ0n) is 40.0. The standard InChI is InChI=1S/C50H57ClF2N7O11PS/c1-58-38-24-28(14-18-35(38)60(49(58)67)37-20-23-43(62)57-46(37)64)8-3-2-4-9-29-10-7-13-39(44(29)51)71-27-32(16-22-42(54)61)55-45(63)36-19-17-33-11-5-6-12-34(48(66)59(33)36)56-47(65)41-26-30-25-31(15-21-40(30)73-41)50(52,53)72(68,69)70/h7,10,13-15,18,21,24-26,32-34,36-37H,2-6,8-9,11-12,16-17,19-20,22-23,27H2,1H3,(H2,54,61)(H,55,63)(H,56,65)(H,57,62,64)(H2,68,69,70)/t32-,33-,34-,36-,37?/m0/s1. The van der Waals surface area contributed by atoms with Crippen molar-refractivity contribution >= 4 is 87.1 Å². The SMILES string of the molecule is Cn1c(=O)n(C2CCC(=O)NC2=O)c2ccc(CCCCCc3cccc(OC[C@H](CCC(N)=O)NC(=O)[C@@H]4CC[C@@H]5CCCC[C@H](NC(=O)c6cc7cc(C(F)(F)P(=O)(O)O)ccc7s6)C(=O)N54)c3Cl)cc21. The van der Waals surface area contributed by atoms with Gasteiger partial charge in [-0.05, 0) is 117 Å². The maximum absolute atomic E-state index is 14.5. The molecule has 3 aliphatic heterocycles. The second-order valence-electron chi connectivity index (χ2n) is 19.1. The van der Waals surface area contributed by atoms with Gasteiger partial charge in [0.2, 0.25) is 29.5 Å². The summed E-state index contributed by atoms with van der Waals surface area (Å²) in [5.74, 6) is -2.56. The van der Waals surface area contributed by atoms with Crippen molar-refractivity contribution in [2.24, 2.45) is 12.8 Å². The highest BCUT2D eigenvalue weighted by Crippen LogP contribution is 2.59. The number of amides is 6. The summed E-state index contributed by atoms with van der Waals surface area (Å²) in [6.07, 6.45) is 7.66. The number of primary amides is 1. The predicted octanol–water partition coefficient (Wildman–Crippen LogP) is 6.23. The Kier molecular flexibility index (Phi) is 16.2. The summed E-state index contributed by atoms with van der Waals surface area (Å²) in [6.45, 7) is -0.0641. The first-order valence-electron chi connectivity index (χ1n) is 24.3. The summed E-state index contributed by atoms with van der Waals surface area (Å²) in [4.78, 5) is 112. The molecule has 5 heterocycles. The number of aromatic nitrogens is 2. The van der Waals surface area contributed by atoms with E-state index in [1.807, 2.05) is 30.3 Å². The molecule has 1 unspecified atom stereocenters. The Labute approximate surface area is 427 Å². The number of carbonyl (C=O) groups excluding carboxylic acids is 6. The first-order valence-corrected chi connectivity index (χ1v) is 27.2. The van der Waals surface area contributed by atoms with E-state index in [2.05, 4.69) is 16.0 Å². The second kappa shape index (κ2) is 22.2. The van der Waals surface area contributed by atoms with Gasteiger partial charge in [0.15, 0.2) is 0 Å². The van der Waals surface area contributed by atoms with E-state index < -0.39 is 72.5 Å². The van der Waals surface area contributed by atoms with Gasteiger partial charge in [0, 0.05) is 36.2 Å². The van der Waals surface area contributed by atoms with E-state index in [0.717, 1.165) is 66.7 Å². The van der Waals surface area contributed by atoms with Gasteiger partial charge in [0.05, 0.1) is 27.0 Å². The minimum atomic E-state index is -5.82. The Balaban J connectivity index is 0.861. The lowest BCUT2D eigenvalue weighted by Gasteiger charge is -2.35. The molecule has 2 aromatic heterocycles. The summed E-state index contributed by atoms with van der Waals surface area (Å²) in [5.41, 5.74) is 3.10. The highest BCUT2D eigenvalue weighted by atomic mass is 35.5. The minimum Gasteiger partial charge on any atom is -0.490 e. The van der Waals surface area contributed by atoms with Crippen LogP contribution in [0.5, 0.6) is 5.75 Å². The number of rotatable bonds is 19. The summed E-state index contributed by atoms with van der Waals surface area (Å²) < 4.78 is 50.0. The van der Waals surface area contributed by atoms with Crippen LogP contribution in [0.25, 0.3) is 21.1 Å². The molecular weight excluding hydrogens is 1010 g/mol. The van der Waals surface area contributed by atoms with Crippen molar-refractivity contribution in [3.63, 3.8) is 0 Å². The van der Waals surface area contributed by atoms with Crippen LogP contribution in [-0.4, -0.2) is 90.0 Å². The summed E-state index contributed by atoms with van der Waals surface area (Å²) >= 11 is 7.85. The number of ether oxygens (including phenoxy) is 1. The highest BCUT2D eigenvalue weighted by Gasteiger charge is 2.50. The van der Waals surface area contributed by atoms with E-state index in [9.17, 15) is 56.7 Å². The lowest BCUT2D eigenvalue weighted by Crippen LogP contribution is -2.57. The fraction of sp³-hybridized carbons (Fsp3) is 0.460. The number of nitrogens with zero attached hydrogens (tertiary/aromatic N) is 3. The molecular formula is C50H57ClF2N7O11PS. The van der Waals surface area contributed by atoms with Gasteiger partial charge < -0.3 is 35.8 Å². The van der Waals surface area contributed by atoms with Crippen LogP contribution in [0.3, 0.4) is 0 Å². The largest absolute Gasteiger partial charge is 0.490 e. The van der Waals surface area contributed by atoms with E-state index >= 15 is 0 Å². The number of alkyl halides is 2. The molecule has 3 aromatic carbocycles. The molecule has 23 heteroatoms. The molecule has 390 valence electrons. The average Bonchev–Trinajstić information content (AvgIpc) is 4.04. The topological polar surface area (TPSA) is 261 Å². The number of fused-ring (bicyclic) bond motifs is 3. The molecule has 3 fully saturated rings. The molecule has 8 rings (SSSR count). The van der Waals surface area contributed by atoms with Crippen LogP contribution in [0.1, 0.15) is 116 Å². The number of piperidine rings is 1. The lowest BCUT2D eigenvalue weighted by atomic mass is 9.99. The molecule has 6 amide bonds. The third kappa shape index (κ3) is 11.7. The molecule has 0 aliphatic carbocycles. The number of aryl methyl sites for hydroxylation is 3. The normalized spacial score (nSPS) is 20.1. The van der Waals surface area contributed by atoms with Gasteiger partial charge in [-0.15, -0.1) is 11.3 Å². The van der Waals surface area contributed by atoms with Crippen LogP contribution in [0.4, 0.5) is 8.78 Å². The molecule has 18 nitrogen and oxygen atoms in total. The number of nitrogens with two attached hydrogens (primary N) is 1. The third-order valence-corrected chi connectivity index (χ3v) is 16.6. The van der Waals surface area contributed by atoms with Crippen molar-refractivity contribution in [1.29, 1.82) is 0 Å². The Bertz CT molecular complexity index is 3080. The number of hydrogen-bond acceptors (Lipinski definition) is 10. The van der Waals surface area contributed by atoms with Crippen LogP contribution in [0, 0.1) is 0 Å². The van der Waals surface area contributed by atoms with Crippen LogP contribution in [0.2, 0.25) is 5.02 Å². The predicted molar refractivity (Wildman–Crippen MR) is 268 cm³/mol. The van der Waals surface area contributed by atoms with Crippen molar-refractivity contribution in [3.8, 4) is 5.75 Å². The zero-order valence-corrected chi connectivity index (χ0v) is 42.4. The first kappa shape index (κ1) is 53.3. The van der Waals surface area contributed by atoms with Gasteiger partial charge >= 0.3 is 18.9 Å². The molecule has 3 aliphatic rings. The first-order chi connectivity index (χ1) is 34.7. The molecule has 0 spiro atoms. The zero-order chi connectivity index (χ0) is 52.4. The number of benzene rings is 3. The highest BCUT2D eigenvalue weighted by molar-refractivity contribution is 7.52. The van der Waals surface area contributed by atoms with E-state index in [-0.39, 0.29) is 66.6 Å². The van der Waals surface area contributed by atoms with E-state index in [4.69, 9.17) is 22.1 Å². The summed E-state index contributed by atoms with van der Waals surface area (Å²) in [6, 6.07) is 12.0. The van der Waals surface area contributed by atoms with Gasteiger partial charge in [-0.25, -0.2) is 4.79 Å². The number of nitrogens with one attached hydrogen (secondary N) is 3. The van der Waals surface area contributed by atoms with Gasteiger partial charge in [0.25, 0.3) is 5.91 Å². The number of thiophene rings is 1. The number of imide groups is 1. The molecule has 5 aromatic rings. The molecule has 0 radical (unpaired) electrons. The number of halogens is 3. The van der Waals surface area contributed by atoms with Crippen molar-refractivity contribution in [3.05, 3.63) is 97.7 Å². The number of imidazole rings is 1. The third-order valence-electron chi connectivity index (χ3n) is 14.1. The second-order valence-corrected chi connectivity index (χ2v) is 22.2. The average molecular weight is 1070 g/mol. The monoisotopic (exact) mass is 1070 g/mol. The van der Waals surface area contributed by atoms with Crippen molar-refractivity contribution in [1.82, 2.24) is 30.0 Å². The van der Waals surface area contributed by atoms with Crippen molar-refractivity contribution in [2.75, 3.05) is 6.61 Å². The number of unbranched alkanes of at least 4 members (excludes halogenated alkanes) is 2. The Hall–Kier alpha value is -5.99. The quantitative estimate of drug-likeness (QED) is 0.0307.